The third-order valence-corrected chi connectivity index (χ3v) is 4.04. The van der Waals surface area contributed by atoms with Gasteiger partial charge >= 0.3 is 0 Å². The summed E-state index contributed by atoms with van der Waals surface area (Å²) in [4.78, 5) is 0. The number of ether oxygens (including phenoxy) is 2. The van der Waals surface area contributed by atoms with Gasteiger partial charge in [0.2, 0.25) is 10.0 Å². The number of hydrogen-bond donors (Lipinski definition) is 1. The van der Waals surface area contributed by atoms with Gasteiger partial charge in [0.15, 0.2) is 5.25 Å². The van der Waals surface area contributed by atoms with Crippen LogP contribution in [0.2, 0.25) is 0 Å². The van der Waals surface area contributed by atoms with Gasteiger partial charge in [0.1, 0.15) is 0 Å². The van der Waals surface area contributed by atoms with Gasteiger partial charge in [-0.15, -0.1) is 0 Å². The maximum atomic E-state index is 11.6. The summed E-state index contributed by atoms with van der Waals surface area (Å²) in [7, 11) is -3.57. The molecule has 2 unspecified atom stereocenters. The zero-order valence-electron chi connectivity index (χ0n) is 9.18. The molecule has 0 amide bonds. The van der Waals surface area contributed by atoms with E-state index in [1.807, 2.05) is 0 Å². The van der Waals surface area contributed by atoms with Crippen LogP contribution < -0.4 is 4.72 Å². The highest BCUT2D eigenvalue weighted by molar-refractivity contribution is 7.90. The fraction of sp³-hybridized carbons (Fsp3) is 0.889. The first kappa shape index (κ1) is 13.4. The van der Waals surface area contributed by atoms with Crippen LogP contribution in [0.25, 0.3) is 0 Å². The second-order valence-electron chi connectivity index (χ2n) is 3.49. The fourth-order valence-electron chi connectivity index (χ4n) is 1.34. The maximum Gasteiger partial charge on any atom is 0.228 e. The second-order valence-corrected chi connectivity index (χ2v) is 5.43. The molecular weight excluding hydrogens is 232 g/mol. The van der Waals surface area contributed by atoms with Crippen molar-refractivity contribution in [3.05, 3.63) is 0 Å². The lowest BCUT2D eigenvalue weighted by atomic mass is 10.3. The number of sulfonamides is 1. The minimum atomic E-state index is -3.57. The molecule has 1 saturated heterocycles. The van der Waals surface area contributed by atoms with Gasteiger partial charge in [-0.05, 0) is 6.42 Å². The number of nitriles is 1. The Labute approximate surface area is 95.6 Å². The van der Waals surface area contributed by atoms with Gasteiger partial charge in [-0.1, -0.05) is 6.92 Å². The summed E-state index contributed by atoms with van der Waals surface area (Å²) in [5.41, 5.74) is 0. The minimum Gasteiger partial charge on any atom is -0.376 e. The molecule has 92 valence electrons. The van der Waals surface area contributed by atoms with Crippen molar-refractivity contribution in [3.8, 4) is 6.07 Å². The van der Waals surface area contributed by atoms with Crippen LogP contribution in [0.3, 0.4) is 0 Å². The first-order valence-electron chi connectivity index (χ1n) is 5.17. The lowest BCUT2D eigenvalue weighted by molar-refractivity contribution is -0.0847. The Morgan fingerprint density at radius 1 is 1.56 bits per heavy atom. The highest BCUT2D eigenvalue weighted by Crippen LogP contribution is 2.04. The van der Waals surface area contributed by atoms with Crippen molar-refractivity contribution in [2.45, 2.75) is 24.7 Å². The Kier molecular flexibility index (Phi) is 5.15. The quantitative estimate of drug-likeness (QED) is 0.716. The number of nitrogens with zero attached hydrogens (tertiary/aromatic N) is 1. The van der Waals surface area contributed by atoms with E-state index in [0.717, 1.165) is 0 Å². The lowest BCUT2D eigenvalue weighted by Gasteiger charge is -2.23. The molecule has 0 aromatic rings. The minimum absolute atomic E-state index is 0.153. The average Bonchev–Trinajstić information content (AvgIpc) is 2.29. The van der Waals surface area contributed by atoms with Crippen molar-refractivity contribution in [2.75, 3.05) is 26.4 Å². The monoisotopic (exact) mass is 248 g/mol. The van der Waals surface area contributed by atoms with E-state index in [9.17, 15) is 8.42 Å². The van der Waals surface area contributed by atoms with E-state index >= 15 is 0 Å². The van der Waals surface area contributed by atoms with E-state index < -0.39 is 15.3 Å². The van der Waals surface area contributed by atoms with Crippen molar-refractivity contribution in [1.82, 2.24) is 4.72 Å². The molecule has 6 nitrogen and oxygen atoms in total. The molecule has 0 spiro atoms. The molecule has 1 fully saturated rings. The van der Waals surface area contributed by atoms with Crippen molar-refractivity contribution < 1.29 is 17.9 Å². The van der Waals surface area contributed by atoms with Gasteiger partial charge in [0.05, 0.1) is 32.0 Å². The lowest BCUT2D eigenvalue weighted by Crippen LogP contribution is -2.42. The number of rotatable bonds is 5. The predicted octanol–water partition coefficient (Wildman–Crippen LogP) is -0.377. The molecule has 0 bridgehead atoms. The van der Waals surface area contributed by atoms with Gasteiger partial charge in [0, 0.05) is 6.54 Å². The van der Waals surface area contributed by atoms with E-state index in [2.05, 4.69) is 4.72 Å². The molecule has 7 heteroatoms. The Balaban J connectivity index is 2.44. The van der Waals surface area contributed by atoms with Gasteiger partial charge in [-0.2, -0.15) is 5.26 Å². The SMILES string of the molecule is CCC(C#N)S(=O)(=O)NCC1COCCO1. The van der Waals surface area contributed by atoms with Crippen LogP contribution in [-0.4, -0.2) is 46.1 Å². The number of nitrogens with one attached hydrogen (secondary N) is 1. The fourth-order valence-corrected chi connectivity index (χ4v) is 2.54. The van der Waals surface area contributed by atoms with Crippen molar-refractivity contribution >= 4 is 10.0 Å². The summed E-state index contributed by atoms with van der Waals surface area (Å²) in [5.74, 6) is 0. The molecular formula is C9H16N2O4S. The standard InChI is InChI=1S/C9H16N2O4S/c1-2-9(5-10)16(12,13)11-6-8-7-14-3-4-15-8/h8-9,11H,2-4,6-7H2,1H3. The molecule has 1 N–H and O–H groups in total. The molecule has 0 aromatic heterocycles. The van der Waals surface area contributed by atoms with Crippen LogP contribution in [0.4, 0.5) is 0 Å². The molecule has 0 saturated carbocycles. The molecule has 1 heterocycles. The van der Waals surface area contributed by atoms with Gasteiger partial charge < -0.3 is 9.47 Å². The summed E-state index contributed by atoms with van der Waals surface area (Å²) in [5, 5.41) is 7.67. The van der Waals surface area contributed by atoms with Crippen LogP contribution in [0, 0.1) is 11.3 Å². The largest absolute Gasteiger partial charge is 0.376 e. The Morgan fingerprint density at radius 2 is 2.31 bits per heavy atom. The number of hydrogen-bond acceptors (Lipinski definition) is 5. The van der Waals surface area contributed by atoms with Crippen molar-refractivity contribution in [1.29, 1.82) is 5.26 Å². The average molecular weight is 248 g/mol. The topological polar surface area (TPSA) is 88.4 Å². The molecule has 0 aliphatic carbocycles. The maximum absolute atomic E-state index is 11.6. The Morgan fingerprint density at radius 3 is 2.81 bits per heavy atom. The summed E-state index contributed by atoms with van der Waals surface area (Å²) in [6, 6.07) is 1.76. The third-order valence-electron chi connectivity index (χ3n) is 2.29. The summed E-state index contributed by atoms with van der Waals surface area (Å²) < 4.78 is 36.0. The van der Waals surface area contributed by atoms with Crippen LogP contribution in [0.15, 0.2) is 0 Å². The van der Waals surface area contributed by atoms with Crippen LogP contribution in [-0.2, 0) is 19.5 Å². The molecule has 1 rings (SSSR count). The molecule has 16 heavy (non-hydrogen) atoms. The molecule has 0 aromatic carbocycles. The van der Waals surface area contributed by atoms with E-state index in [4.69, 9.17) is 14.7 Å². The first-order chi connectivity index (χ1) is 7.60. The van der Waals surface area contributed by atoms with Gasteiger partial charge in [-0.3, -0.25) is 0 Å². The summed E-state index contributed by atoms with van der Waals surface area (Å²) in [6.07, 6.45) is 0.00754. The zero-order chi connectivity index (χ0) is 12.0. The van der Waals surface area contributed by atoms with Gasteiger partial charge in [0.25, 0.3) is 0 Å². The Bertz CT molecular complexity index is 343. The van der Waals surface area contributed by atoms with E-state index in [0.29, 0.717) is 19.8 Å². The molecule has 1 aliphatic rings. The van der Waals surface area contributed by atoms with Crippen LogP contribution in [0.5, 0.6) is 0 Å². The second kappa shape index (κ2) is 6.15. The predicted molar refractivity (Wildman–Crippen MR) is 57.2 cm³/mol. The van der Waals surface area contributed by atoms with E-state index in [1.165, 1.54) is 0 Å². The van der Waals surface area contributed by atoms with Crippen LogP contribution in [0.1, 0.15) is 13.3 Å². The van der Waals surface area contributed by atoms with Gasteiger partial charge in [-0.25, -0.2) is 13.1 Å². The first-order valence-corrected chi connectivity index (χ1v) is 6.72. The molecule has 0 radical (unpaired) electrons. The van der Waals surface area contributed by atoms with Crippen molar-refractivity contribution in [3.63, 3.8) is 0 Å². The molecule has 2 atom stereocenters. The highest BCUT2D eigenvalue weighted by atomic mass is 32.2. The Hall–Kier alpha value is -0.680. The third kappa shape index (κ3) is 3.72. The highest BCUT2D eigenvalue weighted by Gasteiger charge is 2.25. The molecule has 1 aliphatic heterocycles. The van der Waals surface area contributed by atoms with Crippen LogP contribution >= 0.6 is 0 Å². The smallest absolute Gasteiger partial charge is 0.228 e. The van der Waals surface area contributed by atoms with Crippen molar-refractivity contribution in [2.24, 2.45) is 0 Å². The zero-order valence-corrected chi connectivity index (χ0v) is 10.00. The van der Waals surface area contributed by atoms with E-state index in [1.54, 1.807) is 13.0 Å². The van der Waals surface area contributed by atoms with E-state index in [-0.39, 0.29) is 19.1 Å². The summed E-state index contributed by atoms with van der Waals surface area (Å²) in [6.45, 7) is 3.21. The normalized spacial score (nSPS) is 23.6. The summed E-state index contributed by atoms with van der Waals surface area (Å²) >= 11 is 0.